The van der Waals surface area contributed by atoms with Crippen molar-refractivity contribution < 1.29 is 8.78 Å². The summed E-state index contributed by atoms with van der Waals surface area (Å²) in [4.78, 5) is 10.7. The van der Waals surface area contributed by atoms with Crippen LogP contribution in [0.2, 0.25) is 0 Å². The monoisotopic (exact) mass is 281 g/mol. The molecule has 6 heteroatoms. The van der Waals surface area contributed by atoms with Crippen LogP contribution in [-0.4, -0.2) is 29.0 Å². The molecule has 1 aliphatic heterocycles. The fraction of sp³-hybridized carbons (Fsp3) is 0.538. The third-order valence-corrected chi connectivity index (χ3v) is 5.36. The van der Waals surface area contributed by atoms with Crippen molar-refractivity contribution in [2.75, 3.05) is 18.0 Å². The number of hydrogen-bond donors (Lipinski definition) is 0. The van der Waals surface area contributed by atoms with Crippen LogP contribution in [0.25, 0.3) is 10.2 Å². The van der Waals surface area contributed by atoms with Gasteiger partial charge in [-0.15, -0.1) is 11.3 Å². The summed E-state index contributed by atoms with van der Waals surface area (Å²) < 4.78 is 27.8. The number of piperidine rings is 1. The van der Waals surface area contributed by atoms with Gasteiger partial charge in [-0.2, -0.15) is 0 Å². The Labute approximate surface area is 113 Å². The highest BCUT2D eigenvalue weighted by molar-refractivity contribution is 7.17. The Morgan fingerprint density at radius 2 is 1.95 bits per heavy atom. The molecule has 1 spiro atoms. The van der Waals surface area contributed by atoms with E-state index in [4.69, 9.17) is 0 Å². The summed E-state index contributed by atoms with van der Waals surface area (Å²) in [5, 5.41) is 1.99. The van der Waals surface area contributed by atoms with Gasteiger partial charge in [0.25, 0.3) is 5.92 Å². The Morgan fingerprint density at radius 3 is 2.63 bits per heavy atom. The highest BCUT2D eigenvalue weighted by Crippen LogP contribution is 2.65. The molecule has 3 nitrogen and oxygen atoms in total. The van der Waals surface area contributed by atoms with Gasteiger partial charge < -0.3 is 4.90 Å². The molecule has 0 aromatic carbocycles. The van der Waals surface area contributed by atoms with Gasteiger partial charge in [0.1, 0.15) is 12.1 Å². The SMILES string of the molecule is FC1(F)CC12CCN(c1ncnc3ccsc13)CC2. The van der Waals surface area contributed by atoms with Crippen LogP contribution in [0.1, 0.15) is 19.3 Å². The lowest BCUT2D eigenvalue weighted by molar-refractivity contribution is 0.0537. The third kappa shape index (κ3) is 1.59. The summed E-state index contributed by atoms with van der Waals surface area (Å²) in [5.74, 6) is -1.53. The topological polar surface area (TPSA) is 29.0 Å². The van der Waals surface area contributed by atoms with Crippen molar-refractivity contribution in [3.63, 3.8) is 0 Å². The lowest BCUT2D eigenvalue weighted by atomic mass is 9.93. The van der Waals surface area contributed by atoms with E-state index in [2.05, 4.69) is 14.9 Å². The summed E-state index contributed by atoms with van der Waals surface area (Å²) in [6.45, 7) is 1.33. The van der Waals surface area contributed by atoms with E-state index in [1.54, 1.807) is 17.7 Å². The van der Waals surface area contributed by atoms with E-state index in [-0.39, 0.29) is 6.42 Å². The number of nitrogens with zero attached hydrogens (tertiary/aromatic N) is 3. The van der Waals surface area contributed by atoms with E-state index >= 15 is 0 Å². The van der Waals surface area contributed by atoms with Gasteiger partial charge in [0.2, 0.25) is 0 Å². The van der Waals surface area contributed by atoms with Gasteiger partial charge in [0, 0.05) is 24.9 Å². The number of halogens is 2. The van der Waals surface area contributed by atoms with Crippen LogP contribution < -0.4 is 4.90 Å². The molecule has 0 bridgehead atoms. The first kappa shape index (κ1) is 11.5. The molecular weight excluding hydrogens is 268 g/mol. The fourth-order valence-electron chi connectivity index (χ4n) is 3.07. The number of rotatable bonds is 1. The number of fused-ring (bicyclic) bond motifs is 1. The van der Waals surface area contributed by atoms with Gasteiger partial charge >= 0.3 is 0 Å². The number of hydrogen-bond acceptors (Lipinski definition) is 4. The van der Waals surface area contributed by atoms with Crippen molar-refractivity contribution in [2.24, 2.45) is 5.41 Å². The molecule has 2 fully saturated rings. The predicted molar refractivity (Wildman–Crippen MR) is 70.9 cm³/mol. The summed E-state index contributed by atoms with van der Waals surface area (Å²) in [6.07, 6.45) is 2.76. The van der Waals surface area contributed by atoms with Crippen LogP contribution in [0, 0.1) is 5.41 Å². The van der Waals surface area contributed by atoms with Crippen LogP contribution >= 0.6 is 11.3 Å². The van der Waals surface area contributed by atoms with Crippen molar-refractivity contribution >= 4 is 27.4 Å². The Morgan fingerprint density at radius 1 is 1.21 bits per heavy atom. The predicted octanol–water partition coefficient (Wildman–Crippen LogP) is 3.32. The molecule has 0 atom stereocenters. The van der Waals surface area contributed by atoms with Gasteiger partial charge in [0.15, 0.2) is 0 Å². The summed E-state index contributed by atoms with van der Waals surface area (Å²) in [5.41, 5.74) is 0.234. The Hall–Kier alpha value is -1.30. The molecule has 100 valence electrons. The minimum Gasteiger partial charge on any atom is -0.355 e. The Kier molecular flexibility index (Phi) is 2.20. The van der Waals surface area contributed by atoms with Gasteiger partial charge in [-0.1, -0.05) is 0 Å². The second-order valence-corrected chi connectivity index (χ2v) is 6.40. The maximum absolute atomic E-state index is 13.4. The molecule has 4 rings (SSSR count). The van der Waals surface area contributed by atoms with E-state index in [0.717, 1.165) is 16.0 Å². The van der Waals surface area contributed by atoms with Crippen LogP contribution in [0.3, 0.4) is 0 Å². The molecule has 0 N–H and O–H groups in total. The largest absolute Gasteiger partial charge is 0.355 e. The highest BCUT2D eigenvalue weighted by atomic mass is 32.1. The summed E-state index contributed by atoms with van der Waals surface area (Å²) in [6, 6.07) is 1.96. The maximum atomic E-state index is 13.4. The van der Waals surface area contributed by atoms with Crippen molar-refractivity contribution in [3.8, 4) is 0 Å². The zero-order chi connectivity index (χ0) is 13.1. The first-order valence-corrected chi connectivity index (χ1v) is 7.30. The lowest BCUT2D eigenvalue weighted by Crippen LogP contribution is -2.37. The summed E-state index contributed by atoms with van der Waals surface area (Å²) in [7, 11) is 0. The third-order valence-electron chi connectivity index (χ3n) is 4.46. The Balaban J connectivity index is 1.60. The van der Waals surface area contributed by atoms with Crippen LogP contribution in [0.5, 0.6) is 0 Å². The van der Waals surface area contributed by atoms with Gasteiger partial charge in [-0.05, 0) is 24.3 Å². The number of thiophene rings is 1. The van der Waals surface area contributed by atoms with Crippen molar-refractivity contribution in [3.05, 3.63) is 17.8 Å². The molecule has 2 aromatic heterocycles. The molecule has 1 saturated heterocycles. The minimum absolute atomic E-state index is 0.0754. The molecule has 3 heterocycles. The standard InChI is InChI=1S/C13H13F2N3S/c14-13(15)7-12(13)2-4-18(5-3-12)11-10-9(1-6-19-10)16-8-17-11/h1,6,8H,2-5,7H2. The van der Waals surface area contributed by atoms with Crippen molar-refractivity contribution in [2.45, 2.75) is 25.2 Å². The van der Waals surface area contributed by atoms with E-state index < -0.39 is 11.3 Å². The molecule has 0 amide bonds. The average Bonchev–Trinajstić information content (AvgIpc) is 2.79. The highest BCUT2D eigenvalue weighted by Gasteiger charge is 2.70. The molecule has 2 aromatic rings. The number of anilines is 1. The smallest absolute Gasteiger partial charge is 0.254 e. The van der Waals surface area contributed by atoms with E-state index in [0.29, 0.717) is 25.9 Å². The second-order valence-electron chi connectivity index (χ2n) is 5.48. The van der Waals surface area contributed by atoms with Crippen molar-refractivity contribution in [1.82, 2.24) is 9.97 Å². The number of aromatic nitrogens is 2. The molecule has 1 aliphatic carbocycles. The fourth-order valence-corrected chi connectivity index (χ4v) is 3.93. The Bertz CT molecular complexity index is 632. The minimum atomic E-state index is -2.43. The zero-order valence-corrected chi connectivity index (χ0v) is 11.1. The molecule has 19 heavy (non-hydrogen) atoms. The van der Waals surface area contributed by atoms with E-state index in [1.165, 1.54) is 0 Å². The zero-order valence-electron chi connectivity index (χ0n) is 10.3. The molecular formula is C13H13F2N3S. The molecule has 1 saturated carbocycles. The van der Waals surface area contributed by atoms with Gasteiger partial charge in [-0.25, -0.2) is 18.7 Å². The van der Waals surface area contributed by atoms with Crippen molar-refractivity contribution in [1.29, 1.82) is 0 Å². The van der Waals surface area contributed by atoms with Crippen LogP contribution in [0.15, 0.2) is 17.8 Å². The molecule has 0 radical (unpaired) electrons. The van der Waals surface area contributed by atoms with E-state index in [1.807, 2.05) is 11.4 Å². The second kappa shape index (κ2) is 3.62. The van der Waals surface area contributed by atoms with Crippen LogP contribution in [-0.2, 0) is 0 Å². The molecule has 2 aliphatic rings. The van der Waals surface area contributed by atoms with E-state index in [9.17, 15) is 8.78 Å². The first-order chi connectivity index (χ1) is 9.11. The van der Waals surface area contributed by atoms with Gasteiger partial charge in [-0.3, -0.25) is 0 Å². The van der Waals surface area contributed by atoms with Gasteiger partial charge in [0.05, 0.1) is 10.2 Å². The lowest BCUT2D eigenvalue weighted by Gasteiger charge is -2.33. The summed E-state index contributed by atoms with van der Waals surface area (Å²) >= 11 is 1.61. The normalized spacial score (nSPS) is 24.0. The maximum Gasteiger partial charge on any atom is 0.254 e. The quantitative estimate of drug-likeness (QED) is 0.803. The van der Waals surface area contributed by atoms with Crippen LogP contribution in [0.4, 0.5) is 14.6 Å². The average molecular weight is 281 g/mol. The molecule has 0 unspecified atom stereocenters. The number of alkyl halides is 2. The first-order valence-electron chi connectivity index (χ1n) is 6.42.